The van der Waals surface area contributed by atoms with Crippen LogP contribution >= 0.6 is 11.8 Å². The van der Waals surface area contributed by atoms with Crippen molar-refractivity contribution in [3.63, 3.8) is 0 Å². The summed E-state index contributed by atoms with van der Waals surface area (Å²) in [4.78, 5) is 23.7. The highest BCUT2D eigenvalue weighted by atomic mass is 32.2. The van der Waals surface area contributed by atoms with Gasteiger partial charge in [-0.3, -0.25) is 14.2 Å². The number of hydrogen-bond donors (Lipinski definition) is 1. The fourth-order valence-electron chi connectivity index (χ4n) is 3.52. The number of thioether (sulfide) groups is 1. The van der Waals surface area contributed by atoms with Crippen LogP contribution in [0.5, 0.6) is 11.5 Å². The molecule has 0 aliphatic carbocycles. The molecular weight excluding hydrogens is 502 g/mol. The predicted molar refractivity (Wildman–Crippen MR) is 147 cm³/mol. The third kappa shape index (κ3) is 6.65. The summed E-state index contributed by atoms with van der Waals surface area (Å²) < 4.78 is 12.2. The van der Waals surface area contributed by atoms with Gasteiger partial charge in [0.15, 0.2) is 11.0 Å². The molecule has 1 aromatic heterocycles. The first-order chi connectivity index (χ1) is 18.3. The van der Waals surface area contributed by atoms with Crippen LogP contribution in [0.3, 0.4) is 0 Å². The van der Waals surface area contributed by atoms with Crippen molar-refractivity contribution in [2.45, 2.75) is 25.9 Å². The second kappa shape index (κ2) is 12.2. The minimum atomic E-state index is -0.387. The van der Waals surface area contributed by atoms with Gasteiger partial charge in [-0.05, 0) is 80.1 Å². The maximum atomic E-state index is 12.6. The second-order valence-electron chi connectivity index (χ2n) is 8.34. The Bertz CT molecular complexity index is 1450. The minimum absolute atomic E-state index is 0.0920. The molecule has 0 radical (unpaired) electrons. The van der Waals surface area contributed by atoms with Crippen LogP contribution in [0, 0.1) is 6.92 Å². The zero-order valence-corrected chi connectivity index (χ0v) is 22.3. The van der Waals surface area contributed by atoms with Crippen LogP contribution in [-0.4, -0.2) is 45.2 Å². The number of methoxy groups -OCH3 is 1. The molecule has 0 aliphatic rings. The number of aromatic nitrogens is 3. The number of rotatable bonds is 9. The van der Waals surface area contributed by atoms with Gasteiger partial charge in [0.1, 0.15) is 11.5 Å². The Hall–Kier alpha value is -4.44. The summed E-state index contributed by atoms with van der Waals surface area (Å²) in [5, 5.41) is 13.6. The summed E-state index contributed by atoms with van der Waals surface area (Å²) in [5.41, 5.74) is 6.88. The lowest BCUT2D eigenvalue weighted by molar-refractivity contribution is -0.131. The molecule has 0 bridgehead atoms. The predicted octanol–water partition coefficient (Wildman–Crippen LogP) is 4.81. The molecule has 4 aromatic rings. The SMILES string of the molecule is COc1ccc(-c2nnc(SCC(=O)N/N=C(\C)c3ccc(OC(C)=O)cc3)n2-c2ccc(C)cc2)cc1. The summed E-state index contributed by atoms with van der Waals surface area (Å²) >= 11 is 1.27. The van der Waals surface area contributed by atoms with Crippen molar-refractivity contribution < 1.29 is 19.1 Å². The number of carbonyl (C=O) groups is 2. The molecule has 1 N–H and O–H groups in total. The van der Waals surface area contributed by atoms with Gasteiger partial charge in [0, 0.05) is 18.2 Å². The van der Waals surface area contributed by atoms with Crippen molar-refractivity contribution in [2.24, 2.45) is 5.10 Å². The van der Waals surface area contributed by atoms with Crippen molar-refractivity contribution >= 4 is 29.4 Å². The summed E-state index contributed by atoms with van der Waals surface area (Å²) in [6.07, 6.45) is 0. The first-order valence-corrected chi connectivity index (χ1v) is 12.7. The van der Waals surface area contributed by atoms with E-state index in [4.69, 9.17) is 9.47 Å². The van der Waals surface area contributed by atoms with E-state index in [0.29, 0.717) is 22.4 Å². The number of carbonyl (C=O) groups excluding carboxylic acids is 2. The topological polar surface area (TPSA) is 108 Å². The van der Waals surface area contributed by atoms with E-state index in [1.165, 1.54) is 18.7 Å². The zero-order chi connectivity index (χ0) is 27.1. The first-order valence-electron chi connectivity index (χ1n) is 11.8. The summed E-state index contributed by atoms with van der Waals surface area (Å²) in [7, 11) is 1.62. The molecule has 0 aliphatic heterocycles. The molecule has 0 fully saturated rings. The summed E-state index contributed by atoms with van der Waals surface area (Å²) in [6.45, 7) is 5.15. The molecule has 0 saturated carbocycles. The van der Waals surface area contributed by atoms with Gasteiger partial charge in [0.2, 0.25) is 0 Å². The molecule has 4 rings (SSSR count). The van der Waals surface area contributed by atoms with Crippen molar-refractivity contribution in [2.75, 3.05) is 12.9 Å². The Kier molecular flexibility index (Phi) is 8.55. The smallest absolute Gasteiger partial charge is 0.308 e. The van der Waals surface area contributed by atoms with Crippen molar-refractivity contribution in [3.05, 3.63) is 83.9 Å². The minimum Gasteiger partial charge on any atom is -0.497 e. The lowest BCUT2D eigenvalue weighted by atomic mass is 10.1. The normalized spacial score (nSPS) is 11.2. The van der Waals surface area contributed by atoms with Gasteiger partial charge >= 0.3 is 5.97 Å². The molecule has 194 valence electrons. The van der Waals surface area contributed by atoms with Crippen molar-refractivity contribution in [1.82, 2.24) is 20.2 Å². The van der Waals surface area contributed by atoms with Crippen LogP contribution in [0.2, 0.25) is 0 Å². The zero-order valence-electron chi connectivity index (χ0n) is 21.5. The number of hydrogen-bond acceptors (Lipinski definition) is 8. The van der Waals surface area contributed by atoms with Crippen LogP contribution in [0.15, 0.2) is 83.1 Å². The lowest BCUT2D eigenvalue weighted by Crippen LogP contribution is -2.21. The van der Waals surface area contributed by atoms with Crippen LogP contribution in [0.25, 0.3) is 17.1 Å². The molecule has 9 nitrogen and oxygen atoms in total. The monoisotopic (exact) mass is 529 g/mol. The largest absolute Gasteiger partial charge is 0.497 e. The quantitative estimate of drug-likeness (QED) is 0.109. The van der Waals surface area contributed by atoms with Gasteiger partial charge in [-0.2, -0.15) is 5.10 Å². The molecule has 38 heavy (non-hydrogen) atoms. The fraction of sp³-hybridized carbons (Fsp3) is 0.179. The number of aryl methyl sites for hydroxylation is 1. The standard InChI is InChI=1S/C28H27N5O4S/c1-18-5-11-23(12-6-18)33-27(22-9-13-24(36-4)14-10-22)31-32-28(33)38-17-26(35)30-29-19(2)21-7-15-25(16-8-21)37-20(3)34/h5-16H,17H2,1-4H3,(H,30,35)/b29-19+. The molecule has 1 amide bonds. The number of ether oxygens (including phenoxy) is 2. The molecule has 0 atom stereocenters. The van der Waals surface area contributed by atoms with E-state index in [-0.39, 0.29) is 17.6 Å². The van der Waals surface area contributed by atoms with E-state index in [0.717, 1.165) is 28.1 Å². The number of esters is 1. The van der Waals surface area contributed by atoms with Crippen LogP contribution < -0.4 is 14.9 Å². The van der Waals surface area contributed by atoms with Gasteiger partial charge in [0.25, 0.3) is 5.91 Å². The molecule has 3 aromatic carbocycles. The number of nitrogens with zero attached hydrogens (tertiary/aromatic N) is 4. The van der Waals surface area contributed by atoms with Gasteiger partial charge in [-0.1, -0.05) is 29.5 Å². The molecular formula is C28H27N5O4S. The Labute approximate surface area is 224 Å². The summed E-state index contributed by atoms with van der Waals surface area (Å²) in [6, 6.07) is 22.5. The summed E-state index contributed by atoms with van der Waals surface area (Å²) in [5.74, 6) is 1.27. The van der Waals surface area contributed by atoms with Crippen LogP contribution in [-0.2, 0) is 9.59 Å². The van der Waals surface area contributed by atoms with Crippen LogP contribution in [0.4, 0.5) is 0 Å². The average molecular weight is 530 g/mol. The third-order valence-electron chi connectivity index (χ3n) is 5.49. The highest BCUT2D eigenvalue weighted by molar-refractivity contribution is 7.99. The molecule has 0 saturated heterocycles. The number of benzene rings is 3. The van der Waals surface area contributed by atoms with E-state index in [9.17, 15) is 9.59 Å². The van der Waals surface area contributed by atoms with Gasteiger partial charge in [-0.15, -0.1) is 10.2 Å². The number of nitrogens with one attached hydrogen (secondary N) is 1. The van der Waals surface area contributed by atoms with E-state index in [2.05, 4.69) is 20.7 Å². The number of amides is 1. The van der Waals surface area contributed by atoms with Gasteiger partial charge < -0.3 is 9.47 Å². The molecule has 0 unspecified atom stereocenters. The Balaban J connectivity index is 1.48. The first kappa shape index (κ1) is 26.6. The van der Waals surface area contributed by atoms with Crippen molar-refractivity contribution in [3.8, 4) is 28.6 Å². The molecule has 0 spiro atoms. The van der Waals surface area contributed by atoms with E-state index in [1.807, 2.05) is 60.0 Å². The second-order valence-corrected chi connectivity index (χ2v) is 9.29. The molecule has 1 heterocycles. The highest BCUT2D eigenvalue weighted by Gasteiger charge is 2.17. The lowest BCUT2D eigenvalue weighted by Gasteiger charge is -2.11. The Morgan fingerprint density at radius 2 is 1.58 bits per heavy atom. The maximum Gasteiger partial charge on any atom is 0.308 e. The van der Waals surface area contributed by atoms with Crippen molar-refractivity contribution in [1.29, 1.82) is 0 Å². The number of hydrazone groups is 1. The Morgan fingerprint density at radius 1 is 0.921 bits per heavy atom. The van der Waals surface area contributed by atoms with E-state index in [1.54, 1.807) is 38.3 Å². The van der Waals surface area contributed by atoms with E-state index >= 15 is 0 Å². The average Bonchev–Trinajstić information content (AvgIpc) is 3.35. The van der Waals surface area contributed by atoms with Gasteiger partial charge in [0.05, 0.1) is 18.6 Å². The van der Waals surface area contributed by atoms with E-state index < -0.39 is 0 Å². The molecule has 10 heteroatoms. The third-order valence-corrected chi connectivity index (χ3v) is 6.42. The van der Waals surface area contributed by atoms with Crippen LogP contribution in [0.1, 0.15) is 25.0 Å². The maximum absolute atomic E-state index is 12.6. The van der Waals surface area contributed by atoms with Gasteiger partial charge in [-0.25, -0.2) is 5.43 Å². The highest BCUT2D eigenvalue weighted by Crippen LogP contribution is 2.29. The fourth-order valence-corrected chi connectivity index (χ4v) is 4.26. The Morgan fingerprint density at radius 3 is 2.21 bits per heavy atom.